The molecular weight excluding hydrogens is 913 g/mol. The molecule has 0 bridgehead atoms. The van der Waals surface area contributed by atoms with Crippen molar-refractivity contribution >= 4 is 17.9 Å². The van der Waals surface area contributed by atoms with Crippen LogP contribution in [-0.4, -0.2) is 37.2 Å². The number of ether oxygens (including phenoxy) is 3. The third-order valence-corrected chi connectivity index (χ3v) is 13.3. The Balaban J connectivity index is 4.36. The average Bonchev–Trinajstić information content (AvgIpc) is 3.40. The largest absolute Gasteiger partial charge is 0.462 e. The fourth-order valence-electron chi connectivity index (χ4n) is 8.61. The van der Waals surface area contributed by atoms with Crippen molar-refractivity contribution in [3.63, 3.8) is 0 Å². The van der Waals surface area contributed by atoms with Gasteiger partial charge < -0.3 is 14.2 Å². The summed E-state index contributed by atoms with van der Waals surface area (Å²) in [6, 6.07) is 0. The van der Waals surface area contributed by atoms with Gasteiger partial charge in [-0.1, -0.05) is 253 Å². The van der Waals surface area contributed by atoms with Gasteiger partial charge in [-0.25, -0.2) is 0 Å². The van der Waals surface area contributed by atoms with E-state index in [-0.39, 0.29) is 31.1 Å². The van der Waals surface area contributed by atoms with Crippen LogP contribution in [0.1, 0.15) is 297 Å². The second kappa shape index (κ2) is 61.9. The maximum Gasteiger partial charge on any atom is 0.306 e. The van der Waals surface area contributed by atoms with E-state index in [9.17, 15) is 14.4 Å². The third kappa shape index (κ3) is 59.2. The van der Waals surface area contributed by atoms with Gasteiger partial charge in [-0.2, -0.15) is 0 Å². The van der Waals surface area contributed by atoms with E-state index >= 15 is 0 Å². The summed E-state index contributed by atoms with van der Waals surface area (Å²) in [4.78, 5) is 38.2. The van der Waals surface area contributed by atoms with Gasteiger partial charge in [-0.05, 0) is 122 Å². The number of rotatable bonds is 56. The lowest BCUT2D eigenvalue weighted by atomic mass is 10.1. The molecule has 0 saturated heterocycles. The Kier molecular flexibility index (Phi) is 58.8. The minimum atomic E-state index is -0.789. The van der Waals surface area contributed by atoms with Crippen LogP contribution in [0.5, 0.6) is 0 Å². The van der Waals surface area contributed by atoms with Crippen molar-refractivity contribution in [1.82, 2.24) is 0 Å². The van der Waals surface area contributed by atoms with Gasteiger partial charge in [0, 0.05) is 19.3 Å². The van der Waals surface area contributed by atoms with E-state index in [0.717, 1.165) is 116 Å². The summed E-state index contributed by atoms with van der Waals surface area (Å²) in [6.07, 6.45) is 82.6. The lowest BCUT2D eigenvalue weighted by molar-refractivity contribution is -0.167. The zero-order valence-corrected chi connectivity index (χ0v) is 48.6. The molecule has 424 valence electrons. The number of esters is 3. The quantitative estimate of drug-likeness (QED) is 0.0261. The Labute approximate surface area is 457 Å². The Hall–Kier alpha value is -3.67. The van der Waals surface area contributed by atoms with E-state index in [1.807, 2.05) is 0 Å². The summed E-state index contributed by atoms with van der Waals surface area (Å²) in [5, 5.41) is 0. The maximum absolute atomic E-state index is 12.9. The van der Waals surface area contributed by atoms with Gasteiger partial charge in [0.05, 0.1) is 0 Å². The normalized spacial score (nSPS) is 12.7. The molecule has 0 aliphatic heterocycles. The van der Waals surface area contributed by atoms with Gasteiger partial charge >= 0.3 is 17.9 Å². The monoisotopic (exact) mass is 1030 g/mol. The van der Waals surface area contributed by atoms with E-state index in [1.54, 1.807) is 0 Å². The molecular formula is C68H116O6. The van der Waals surface area contributed by atoms with Crippen LogP contribution in [0.4, 0.5) is 0 Å². The minimum Gasteiger partial charge on any atom is -0.462 e. The standard InChI is InChI=1S/C68H116O6/c1-4-7-10-13-16-19-22-25-27-29-31-32-33-34-35-36-38-39-41-43-46-49-52-55-58-61-67(70)73-64-65(63-72-66(69)60-57-54-51-48-45-24-21-18-15-12-9-6-3)74-68(71)62-59-56-53-50-47-44-42-40-37-30-28-26-23-20-17-14-11-8-5-2/h7,10,16,18-19,21,25-28,31-32,34-35,38-39,65H,4-6,8-9,11-15,17,20,22-24,29-30,33,36-37,40-64H2,1-3H3/b10-7-,19-16-,21-18-,27-25-,28-26-,32-31-,35-34-,39-38-. The van der Waals surface area contributed by atoms with Gasteiger partial charge in [0.2, 0.25) is 0 Å². The van der Waals surface area contributed by atoms with Crippen LogP contribution in [0.2, 0.25) is 0 Å². The Morgan fingerprint density at radius 3 is 0.865 bits per heavy atom. The Bertz CT molecular complexity index is 1460. The molecule has 6 nitrogen and oxygen atoms in total. The zero-order valence-electron chi connectivity index (χ0n) is 48.6. The van der Waals surface area contributed by atoms with Gasteiger partial charge in [-0.15, -0.1) is 0 Å². The first-order valence-corrected chi connectivity index (χ1v) is 31.2. The van der Waals surface area contributed by atoms with Crippen LogP contribution in [0.25, 0.3) is 0 Å². The molecule has 0 rings (SSSR count). The van der Waals surface area contributed by atoms with E-state index in [0.29, 0.717) is 19.3 Å². The number of carbonyl (C=O) groups is 3. The Morgan fingerprint density at radius 1 is 0.284 bits per heavy atom. The second-order valence-electron chi connectivity index (χ2n) is 20.6. The van der Waals surface area contributed by atoms with Gasteiger partial charge in [0.15, 0.2) is 6.10 Å². The van der Waals surface area contributed by atoms with Crippen LogP contribution in [0.3, 0.4) is 0 Å². The molecule has 0 spiro atoms. The summed E-state index contributed by atoms with van der Waals surface area (Å²) in [7, 11) is 0. The molecule has 74 heavy (non-hydrogen) atoms. The molecule has 0 aliphatic carbocycles. The molecule has 0 amide bonds. The van der Waals surface area contributed by atoms with Gasteiger partial charge in [-0.3, -0.25) is 14.4 Å². The smallest absolute Gasteiger partial charge is 0.306 e. The zero-order chi connectivity index (χ0) is 53.6. The summed E-state index contributed by atoms with van der Waals surface area (Å²) in [6.45, 7) is 6.50. The van der Waals surface area contributed by atoms with Crippen molar-refractivity contribution in [2.75, 3.05) is 13.2 Å². The molecule has 1 unspecified atom stereocenters. The Morgan fingerprint density at radius 2 is 0.527 bits per heavy atom. The highest BCUT2D eigenvalue weighted by Gasteiger charge is 2.19. The van der Waals surface area contributed by atoms with E-state index in [1.165, 1.54) is 141 Å². The van der Waals surface area contributed by atoms with Crippen molar-refractivity contribution in [3.8, 4) is 0 Å². The van der Waals surface area contributed by atoms with Crippen molar-refractivity contribution < 1.29 is 28.6 Å². The predicted octanol–water partition coefficient (Wildman–Crippen LogP) is 21.3. The van der Waals surface area contributed by atoms with Crippen molar-refractivity contribution in [3.05, 3.63) is 97.2 Å². The van der Waals surface area contributed by atoms with Gasteiger partial charge in [0.1, 0.15) is 13.2 Å². The molecule has 0 heterocycles. The maximum atomic E-state index is 12.9. The highest BCUT2D eigenvalue weighted by molar-refractivity contribution is 5.71. The summed E-state index contributed by atoms with van der Waals surface area (Å²) >= 11 is 0. The minimum absolute atomic E-state index is 0.0868. The number of carbonyl (C=O) groups excluding carboxylic acids is 3. The van der Waals surface area contributed by atoms with Crippen LogP contribution < -0.4 is 0 Å². The fourth-order valence-corrected chi connectivity index (χ4v) is 8.61. The van der Waals surface area contributed by atoms with E-state index in [4.69, 9.17) is 14.2 Å². The summed E-state index contributed by atoms with van der Waals surface area (Å²) in [5.74, 6) is -0.905. The first-order chi connectivity index (χ1) is 36.5. The number of hydrogen-bond donors (Lipinski definition) is 0. The summed E-state index contributed by atoms with van der Waals surface area (Å²) in [5.41, 5.74) is 0. The molecule has 0 aromatic carbocycles. The molecule has 0 saturated carbocycles. The molecule has 0 aromatic heterocycles. The number of allylic oxidation sites excluding steroid dienone is 16. The highest BCUT2D eigenvalue weighted by Crippen LogP contribution is 2.15. The molecule has 0 N–H and O–H groups in total. The van der Waals surface area contributed by atoms with Crippen LogP contribution in [-0.2, 0) is 28.6 Å². The molecule has 0 aromatic rings. The molecule has 6 heteroatoms. The topological polar surface area (TPSA) is 78.9 Å². The molecule has 1 atom stereocenters. The number of unbranched alkanes of at least 4 members (excludes halogenated alkanes) is 29. The first kappa shape index (κ1) is 70.3. The van der Waals surface area contributed by atoms with Crippen LogP contribution in [0.15, 0.2) is 97.2 Å². The van der Waals surface area contributed by atoms with E-state index in [2.05, 4.69) is 118 Å². The molecule has 0 aliphatic rings. The van der Waals surface area contributed by atoms with Crippen molar-refractivity contribution in [1.29, 1.82) is 0 Å². The second-order valence-corrected chi connectivity index (χ2v) is 20.6. The first-order valence-electron chi connectivity index (χ1n) is 31.2. The van der Waals surface area contributed by atoms with Gasteiger partial charge in [0.25, 0.3) is 0 Å². The number of hydrogen-bond acceptors (Lipinski definition) is 6. The molecule has 0 fully saturated rings. The SMILES string of the molecule is CC/C=C\C/C=C\C/C=C\C/C=C\C/C=C\C/C=C\CCCCCCCCC(=O)OCC(COC(=O)CCCCCCC/C=C\CCCCC)OC(=O)CCCCCCCCCCC/C=C\CCCCCCCC. The highest BCUT2D eigenvalue weighted by atomic mass is 16.6. The van der Waals surface area contributed by atoms with Crippen molar-refractivity contribution in [2.24, 2.45) is 0 Å². The van der Waals surface area contributed by atoms with Crippen LogP contribution >= 0.6 is 0 Å². The average molecular weight is 1030 g/mol. The third-order valence-electron chi connectivity index (χ3n) is 13.3. The van der Waals surface area contributed by atoms with Crippen molar-refractivity contribution in [2.45, 2.75) is 303 Å². The predicted molar refractivity (Wildman–Crippen MR) is 320 cm³/mol. The fraction of sp³-hybridized carbons (Fsp3) is 0.721. The lowest BCUT2D eigenvalue weighted by Crippen LogP contribution is -2.30. The van der Waals surface area contributed by atoms with Crippen LogP contribution in [0, 0.1) is 0 Å². The lowest BCUT2D eigenvalue weighted by Gasteiger charge is -2.18. The molecule has 0 radical (unpaired) electrons. The summed E-state index contributed by atoms with van der Waals surface area (Å²) < 4.78 is 16.9. The van der Waals surface area contributed by atoms with E-state index < -0.39 is 6.10 Å².